The Morgan fingerprint density at radius 1 is 1.38 bits per heavy atom. The molecule has 1 heterocycles. The van der Waals surface area contributed by atoms with Crippen molar-refractivity contribution in [3.05, 3.63) is 57.3 Å². The molecule has 0 aliphatic carbocycles. The summed E-state index contributed by atoms with van der Waals surface area (Å²) in [4.78, 5) is 14.8. The lowest BCUT2D eigenvalue weighted by Crippen LogP contribution is -2.11. The van der Waals surface area contributed by atoms with Gasteiger partial charge in [-0.15, -0.1) is 0 Å². The van der Waals surface area contributed by atoms with Crippen LogP contribution in [0.1, 0.15) is 16.8 Å². The number of nitro groups is 1. The SMILES string of the molecule is Cc1cc(C(=N)N)cc(Oc2cccc(C)c2[N+](=O)[O-])n1. The van der Waals surface area contributed by atoms with Crippen molar-refractivity contribution in [1.82, 2.24) is 4.98 Å². The van der Waals surface area contributed by atoms with Crippen LogP contribution in [0.4, 0.5) is 5.69 Å². The number of nitro benzene ring substituents is 1. The molecule has 0 aliphatic rings. The summed E-state index contributed by atoms with van der Waals surface area (Å²) in [5.74, 6) is 0.144. The lowest BCUT2D eigenvalue weighted by atomic mass is 10.2. The van der Waals surface area contributed by atoms with E-state index in [-0.39, 0.29) is 23.2 Å². The van der Waals surface area contributed by atoms with Crippen LogP contribution in [0, 0.1) is 29.4 Å². The second kappa shape index (κ2) is 5.58. The van der Waals surface area contributed by atoms with E-state index in [9.17, 15) is 10.1 Å². The van der Waals surface area contributed by atoms with E-state index in [2.05, 4.69) is 4.98 Å². The van der Waals surface area contributed by atoms with Crippen molar-refractivity contribution in [3.63, 3.8) is 0 Å². The number of ether oxygens (including phenoxy) is 1. The topological polar surface area (TPSA) is 115 Å². The van der Waals surface area contributed by atoms with Crippen molar-refractivity contribution in [1.29, 1.82) is 5.41 Å². The highest BCUT2D eigenvalue weighted by Gasteiger charge is 2.19. The predicted molar refractivity (Wildman–Crippen MR) is 77.9 cm³/mol. The number of hydrogen-bond donors (Lipinski definition) is 2. The van der Waals surface area contributed by atoms with Gasteiger partial charge in [-0.1, -0.05) is 12.1 Å². The third-order valence-electron chi connectivity index (χ3n) is 2.84. The average Bonchev–Trinajstić information content (AvgIpc) is 2.37. The van der Waals surface area contributed by atoms with Crippen molar-refractivity contribution in [3.8, 4) is 11.6 Å². The molecule has 0 bridgehead atoms. The van der Waals surface area contributed by atoms with Gasteiger partial charge in [0.1, 0.15) is 5.84 Å². The molecule has 2 aromatic rings. The molecule has 0 saturated heterocycles. The van der Waals surface area contributed by atoms with Gasteiger partial charge >= 0.3 is 5.69 Å². The number of aryl methyl sites for hydroxylation is 2. The number of nitrogens with two attached hydrogens (primary N) is 1. The second-order valence-corrected chi connectivity index (χ2v) is 4.53. The van der Waals surface area contributed by atoms with Gasteiger partial charge in [0, 0.05) is 22.9 Å². The van der Waals surface area contributed by atoms with Gasteiger partial charge in [0.25, 0.3) is 0 Å². The number of rotatable bonds is 4. The van der Waals surface area contributed by atoms with Crippen LogP contribution in [0.15, 0.2) is 30.3 Å². The fraction of sp³-hybridized carbons (Fsp3) is 0.143. The fourth-order valence-electron chi connectivity index (χ4n) is 1.91. The molecule has 0 radical (unpaired) electrons. The van der Waals surface area contributed by atoms with Crippen molar-refractivity contribution < 1.29 is 9.66 Å². The van der Waals surface area contributed by atoms with E-state index in [1.54, 1.807) is 32.0 Å². The molecule has 1 aromatic heterocycles. The second-order valence-electron chi connectivity index (χ2n) is 4.53. The molecule has 7 heteroatoms. The number of nitrogens with zero attached hydrogens (tertiary/aromatic N) is 2. The number of aromatic nitrogens is 1. The van der Waals surface area contributed by atoms with E-state index in [1.165, 1.54) is 12.1 Å². The molecule has 0 aliphatic heterocycles. The van der Waals surface area contributed by atoms with E-state index >= 15 is 0 Å². The van der Waals surface area contributed by atoms with Gasteiger partial charge in [0.2, 0.25) is 11.6 Å². The Balaban J connectivity index is 2.46. The first-order chi connectivity index (χ1) is 9.88. The van der Waals surface area contributed by atoms with Crippen LogP contribution >= 0.6 is 0 Å². The van der Waals surface area contributed by atoms with Crippen LogP contribution in [-0.4, -0.2) is 15.7 Å². The zero-order chi connectivity index (χ0) is 15.6. The smallest absolute Gasteiger partial charge is 0.314 e. The average molecular weight is 286 g/mol. The first-order valence-electron chi connectivity index (χ1n) is 6.13. The number of nitrogen functional groups attached to an aromatic ring is 1. The summed E-state index contributed by atoms with van der Waals surface area (Å²) in [7, 11) is 0. The summed E-state index contributed by atoms with van der Waals surface area (Å²) in [6.45, 7) is 3.36. The number of para-hydroxylation sites is 1. The molecule has 0 fully saturated rings. The number of pyridine rings is 1. The number of hydrogen-bond acceptors (Lipinski definition) is 5. The van der Waals surface area contributed by atoms with Gasteiger partial charge in [0.05, 0.1) is 4.92 Å². The van der Waals surface area contributed by atoms with Gasteiger partial charge in [-0.25, -0.2) is 4.98 Å². The van der Waals surface area contributed by atoms with E-state index < -0.39 is 4.92 Å². The number of amidine groups is 1. The lowest BCUT2D eigenvalue weighted by Gasteiger charge is -2.09. The number of benzene rings is 1. The fourth-order valence-corrected chi connectivity index (χ4v) is 1.91. The Morgan fingerprint density at radius 3 is 2.71 bits per heavy atom. The van der Waals surface area contributed by atoms with Gasteiger partial charge in [-0.2, -0.15) is 0 Å². The minimum Gasteiger partial charge on any atom is -0.432 e. The highest BCUT2D eigenvalue weighted by atomic mass is 16.6. The van der Waals surface area contributed by atoms with Crippen LogP contribution in [0.2, 0.25) is 0 Å². The van der Waals surface area contributed by atoms with Crippen LogP contribution in [0.25, 0.3) is 0 Å². The summed E-state index contributed by atoms with van der Waals surface area (Å²) in [6, 6.07) is 7.92. The first kappa shape index (κ1) is 14.4. The third-order valence-corrected chi connectivity index (χ3v) is 2.84. The minimum atomic E-state index is -0.494. The Morgan fingerprint density at radius 2 is 2.10 bits per heavy atom. The molecule has 2 rings (SSSR count). The maximum Gasteiger partial charge on any atom is 0.314 e. The first-order valence-corrected chi connectivity index (χ1v) is 6.13. The Kier molecular flexibility index (Phi) is 3.84. The lowest BCUT2D eigenvalue weighted by molar-refractivity contribution is -0.386. The van der Waals surface area contributed by atoms with E-state index in [1.807, 2.05) is 0 Å². The van der Waals surface area contributed by atoms with Crippen molar-refractivity contribution in [2.45, 2.75) is 13.8 Å². The Labute approximate surface area is 121 Å². The largest absolute Gasteiger partial charge is 0.432 e. The van der Waals surface area contributed by atoms with Gasteiger partial charge in [0.15, 0.2) is 0 Å². The summed E-state index contributed by atoms with van der Waals surface area (Å²) in [5, 5.41) is 18.6. The molecule has 0 saturated carbocycles. The molecule has 0 spiro atoms. The Bertz CT molecular complexity index is 728. The highest BCUT2D eigenvalue weighted by molar-refractivity contribution is 5.95. The van der Waals surface area contributed by atoms with Crippen LogP contribution in [-0.2, 0) is 0 Å². The molecular weight excluding hydrogens is 272 g/mol. The Hall–Kier alpha value is -2.96. The molecular formula is C14H14N4O3. The molecule has 21 heavy (non-hydrogen) atoms. The molecule has 7 nitrogen and oxygen atoms in total. The van der Waals surface area contributed by atoms with Gasteiger partial charge < -0.3 is 10.5 Å². The third kappa shape index (κ3) is 3.14. The maximum absolute atomic E-state index is 11.1. The molecule has 0 atom stereocenters. The van der Waals surface area contributed by atoms with Crippen LogP contribution in [0.5, 0.6) is 11.6 Å². The van der Waals surface area contributed by atoms with E-state index in [4.69, 9.17) is 15.9 Å². The monoisotopic (exact) mass is 286 g/mol. The van der Waals surface area contributed by atoms with E-state index in [0.717, 1.165) is 0 Å². The van der Waals surface area contributed by atoms with Gasteiger partial charge in [-0.05, 0) is 26.0 Å². The van der Waals surface area contributed by atoms with Crippen LogP contribution in [0.3, 0.4) is 0 Å². The quantitative estimate of drug-likeness (QED) is 0.388. The highest BCUT2D eigenvalue weighted by Crippen LogP contribution is 2.33. The molecule has 0 unspecified atom stereocenters. The van der Waals surface area contributed by atoms with Crippen molar-refractivity contribution in [2.75, 3.05) is 0 Å². The summed E-state index contributed by atoms with van der Waals surface area (Å²) in [5.41, 5.74) is 6.89. The normalized spacial score (nSPS) is 10.2. The van der Waals surface area contributed by atoms with Crippen LogP contribution < -0.4 is 10.5 Å². The van der Waals surface area contributed by atoms with Gasteiger partial charge in [-0.3, -0.25) is 15.5 Å². The molecule has 0 amide bonds. The minimum absolute atomic E-state index is 0.104. The number of nitrogens with one attached hydrogen (secondary N) is 1. The summed E-state index contributed by atoms with van der Waals surface area (Å²) >= 11 is 0. The standard InChI is InChI=1S/C14H14N4O3/c1-8-4-3-5-11(13(8)18(19)20)21-12-7-10(14(15)16)6-9(2)17-12/h3-7H,1-2H3,(H3,15,16). The molecule has 108 valence electrons. The van der Waals surface area contributed by atoms with Crippen molar-refractivity contribution >= 4 is 11.5 Å². The summed E-state index contributed by atoms with van der Waals surface area (Å²) < 4.78 is 5.52. The maximum atomic E-state index is 11.1. The molecule has 3 N–H and O–H groups in total. The zero-order valence-electron chi connectivity index (χ0n) is 11.6. The summed E-state index contributed by atoms with van der Waals surface area (Å²) in [6.07, 6.45) is 0. The van der Waals surface area contributed by atoms with E-state index in [0.29, 0.717) is 16.8 Å². The molecule has 1 aromatic carbocycles. The zero-order valence-corrected chi connectivity index (χ0v) is 11.6. The van der Waals surface area contributed by atoms with Crippen molar-refractivity contribution in [2.24, 2.45) is 5.73 Å². The predicted octanol–water partition coefficient (Wildman–Crippen LogP) is 2.68.